The Morgan fingerprint density at radius 1 is 1.12 bits per heavy atom. The number of carbonyl (C=O) groups excluding carboxylic acids is 3. The van der Waals surface area contributed by atoms with Crippen molar-refractivity contribution < 1.29 is 19.1 Å². The second kappa shape index (κ2) is 8.14. The fourth-order valence-corrected chi connectivity index (χ4v) is 2.48. The van der Waals surface area contributed by atoms with Gasteiger partial charge in [-0.3, -0.25) is 9.59 Å². The highest BCUT2D eigenvalue weighted by molar-refractivity contribution is 6.13. The molecule has 2 rings (SSSR count). The average Bonchev–Trinajstić information content (AvgIpc) is 3.37. The maximum Gasteiger partial charge on any atom is 0.338 e. The van der Waals surface area contributed by atoms with Crippen LogP contribution in [0.1, 0.15) is 50.4 Å². The predicted octanol–water partition coefficient (Wildman–Crippen LogP) is 2.74. The lowest BCUT2D eigenvalue weighted by atomic mass is 10.0. The van der Waals surface area contributed by atoms with E-state index in [1.165, 1.54) is 0 Å². The summed E-state index contributed by atoms with van der Waals surface area (Å²) in [6.07, 6.45) is 2.01. The number of nitrogens with one attached hydrogen (secondary N) is 2. The number of amides is 2. The first-order valence-corrected chi connectivity index (χ1v) is 8.76. The van der Waals surface area contributed by atoms with Gasteiger partial charge in [0.15, 0.2) is 0 Å². The van der Waals surface area contributed by atoms with Gasteiger partial charge in [0.2, 0.25) is 11.8 Å². The molecule has 1 aliphatic carbocycles. The summed E-state index contributed by atoms with van der Waals surface area (Å²) in [6, 6.07) is 6.46. The van der Waals surface area contributed by atoms with E-state index >= 15 is 0 Å². The molecule has 6 nitrogen and oxygen atoms in total. The molecule has 0 aliphatic heterocycles. The molecule has 1 fully saturated rings. The molecule has 0 spiro atoms. The van der Waals surface area contributed by atoms with Gasteiger partial charge in [-0.05, 0) is 56.4 Å². The van der Waals surface area contributed by atoms with Crippen LogP contribution in [-0.4, -0.2) is 30.9 Å². The molecule has 2 N–H and O–H groups in total. The van der Waals surface area contributed by atoms with Crippen molar-refractivity contribution in [2.45, 2.75) is 40.0 Å². The monoisotopic (exact) mass is 346 g/mol. The molecule has 6 heteroatoms. The quantitative estimate of drug-likeness (QED) is 0.560. The van der Waals surface area contributed by atoms with E-state index in [-0.39, 0.29) is 11.8 Å². The normalized spacial score (nSPS) is 14.7. The van der Waals surface area contributed by atoms with Gasteiger partial charge in [-0.25, -0.2) is 4.79 Å². The molecule has 0 unspecified atom stereocenters. The summed E-state index contributed by atoms with van der Waals surface area (Å²) >= 11 is 0. The topological polar surface area (TPSA) is 84.5 Å². The largest absolute Gasteiger partial charge is 0.462 e. The molecule has 0 saturated heterocycles. The van der Waals surface area contributed by atoms with Crippen LogP contribution >= 0.6 is 0 Å². The third-order valence-electron chi connectivity index (χ3n) is 4.28. The van der Waals surface area contributed by atoms with E-state index in [4.69, 9.17) is 4.74 Å². The molecule has 0 aromatic heterocycles. The summed E-state index contributed by atoms with van der Waals surface area (Å²) < 4.78 is 4.92. The first-order chi connectivity index (χ1) is 11.9. The number of hydrogen-bond acceptors (Lipinski definition) is 4. The van der Waals surface area contributed by atoms with Gasteiger partial charge in [0.25, 0.3) is 0 Å². The van der Waals surface area contributed by atoms with Crippen molar-refractivity contribution in [2.75, 3.05) is 18.5 Å². The van der Waals surface area contributed by atoms with Gasteiger partial charge in [-0.1, -0.05) is 13.8 Å². The van der Waals surface area contributed by atoms with Crippen molar-refractivity contribution in [1.29, 1.82) is 0 Å². The molecule has 1 aromatic rings. The number of carbonyl (C=O) groups is 3. The Labute approximate surface area is 148 Å². The van der Waals surface area contributed by atoms with Crippen molar-refractivity contribution in [1.82, 2.24) is 5.32 Å². The molecular weight excluding hydrogens is 320 g/mol. The molecule has 0 heterocycles. The zero-order chi connectivity index (χ0) is 18.4. The third-order valence-corrected chi connectivity index (χ3v) is 4.28. The van der Waals surface area contributed by atoms with Crippen molar-refractivity contribution in [3.05, 3.63) is 29.8 Å². The standard InChI is InChI=1S/C19H26N2O4/c1-4-25-16(22)14-5-7-15(8-6-14)21-18(24)19(10-11-19)17(23)20-12-9-13(2)3/h5-8,13H,4,9-12H2,1-3H3,(H,20,23)(H,21,24). The minimum absolute atomic E-state index is 0.200. The summed E-state index contributed by atoms with van der Waals surface area (Å²) in [7, 11) is 0. The fraction of sp³-hybridized carbons (Fsp3) is 0.526. The van der Waals surface area contributed by atoms with E-state index in [1.807, 2.05) is 0 Å². The summed E-state index contributed by atoms with van der Waals surface area (Å²) in [6.45, 7) is 6.82. The highest BCUT2D eigenvalue weighted by atomic mass is 16.5. The Morgan fingerprint density at radius 3 is 2.28 bits per heavy atom. The number of anilines is 1. The van der Waals surface area contributed by atoms with E-state index in [0.29, 0.717) is 43.2 Å². The number of rotatable bonds is 8. The Morgan fingerprint density at radius 2 is 1.76 bits per heavy atom. The number of esters is 1. The first kappa shape index (κ1) is 19.0. The van der Waals surface area contributed by atoms with Gasteiger partial charge in [0.05, 0.1) is 12.2 Å². The second-order valence-corrected chi connectivity index (χ2v) is 6.77. The predicted molar refractivity (Wildman–Crippen MR) is 95.2 cm³/mol. The molecule has 136 valence electrons. The molecular formula is C19H26N2O4. The van der Waals surface area contributed by atoms with Gasteiger partial charge in [-0.15, -0.1) is 0 Å². The van der Waals surface area contributed by atoms with E-state index in [1.54, 1.807) is 31.2 Å². The zero-order valence-corrected chi connectivity index (χ0v) is 15.1. The summed E-state index contributed by atoms with van der Waals surface area (Å²) in [5.74, 6) is -0.391. The van der Waals surface area contributed by atoms with Crippen molar-refractivity contribution >= 4 is 23.5 Å². The van der Waals surface area contributed by atoms with Crippen LogP contribution in [0.15, 0.2) is 24.3 Å². The van der Waals surface area contributed by atoms with Gasteiger partial charge in [0.1, 0.15) is 5.41 Å². The average molecular weight is 346 g/mol. The molecule has 0 atom stereocenters. The van der Waals surface area contributed by atoms with Crippen LogP contribution in [0.25, 0.3) is 0 Å². The second-order valence-electron chi connectivity index (χ2n) is 6.77. The Hall–Kier alpha value is -2.37. The van der Waals surface area contributed by atoms with Crippen LogP contribution in [0, 0.1) is 11.3 Å². The molecule has 0 bridgehead atoms. The van der Waals surface area contributed by atoms with Crippen molar-refractivity contribution in [3.8, 4) is 0 Å². The van der Waals surface area contributed by atoms with Crippen molar-refractivity contribution in [3.63, 3.8) is 0 Å². The maximum atomic E-state index is 12.5. The van der Waals surface area contributed by atoms with Crippen LogP contribution < -0.4 is 10.6 Å². The smallest absolute Gasteiger partial charge is 0.338 e. The summed E-state index contributed by atoms with van der Waals surface area (Å²) in [5.41, 5.74) is 0.0308. The Bertz CT molecular complexity index is 633. The number of benzene rings is 1. The summed E-state index contributed by atoms with van der Waals surface area (Å²) in [5, 5.41) is 5.63. The van der Waals surface area contributed by atoms with Gasteiger partial charge < -0.3 is 15.4 Å². The van der Waals surface area contributed by atoms with Gasteiger partial charge >= 0.3 is 5.97 Å². The lowest BCUT2D eigenvalue weighted by Crippen LogP contribution is -2.40. The highest BCUT2D eigenvalue weighted by Gasteiger charge is 2.56. The highest BCUT2D eigenvalue weighted by Crippen LogP contribution is 2.46. The van der Waals surface area contributed by atoms with Crippen LogP contribution in [0.3, 0.4) is 0 Å². The van der Waals surface area contributed by atoms with Crippen LogP contribution in [0.5, 0.6) is 0 Å². The molecule has 25 heavy (non-hydrogen) atoms. The van der Waals surface area contributed by atoms with Crippen molar-refractivity contribution in [2.24, 2.45) is 11.3 Å². The zero-order valence-electron chi connectivity index (χ0n) is 15.1. The molecule has 1 aromatic carbocycles. The van der Waals surface area contributed by atoms with E-state index in [0.717, 1.165) is 6.42 Å². The minimum atomic E-state index is -0.948. The summed E-state index contributed by atoms with van der Waals surface area (Å²) in [4.78, 5) is 36.4. The van der Waals surface area contributed by atoms with E-state index < -0.39 is 11.4 Å². The van der Waals surface area contributed by atoms with Crippen LogP contribution in [0.2, 0.25) is 0 Å². The van der Waals surface area contributed by atoms with Crippen LogP contribution in [0.4, 0.5) is 5.69 Å². The molecule has 0 radical (unpaired) electrons. The SMILES string of the molecule is CCOC(=O)c1ccc(NC(=O)C2(C(=O)NCCC(C)C)CC2)cc1. The lowest BCUT2D eigenvalue weighted by Gasteiger charge is -2.16. The Kier molecular flexibility index (Phi) is 6.17. The number of hydrogen-bond donors (Lipinski definition) is 2. The van der Waals surface area contributed by atoms with Gasteiger partial charge in [-0.2, -0.15) is 0 Å². The third kappa shape index (κ3) is 4.81. The van der Waals surface area contributed by atoms with E-state index in [9.17, 15) is 14.4 Å². The fourth-order valence-electron chi connectivity index (χ4n) is 2.48. The van der Waals surface area contributed by atoms with Crippen LogP contribution in [-0.2, 0) is 14.3 Å². The van der Waals surface area contributed by atoms with Gasteiger partial charge in [0, 0.05) is 12.2 Å². The minimum Gasteiger partial charge on any atom is -0.462 e. The maximum absolute atomic E-state index is 12.5. The first-order valence-electron chi connectivity index (χ1n) is 8.76. The lowest BCUT2D eigenvalue weighted by molar-refractivity contribution is -0.134. The molecule has 1 aliphatic rings. The number of ether oxygens (including phenoxy) is 1. The molecule has 2 amide bonds. The van der Waals surface area contributed by atoms with E-state index in [2.05, 4.69) is 24.5 Å². The molecule has 1 saturated carbocycles. The Balaban J connectivity index is 1.92.